The summed E-state index contributed by atoms with van der Waals surface area (Å²) >= 11 is 0. The maximum Gasteiger partial charge on any atom is 0.227 e. The zero-order valence-corrected chi connectivity index (χ0v) is 17.1. The number of para-hydroxylation sites is 1. The Hall–Kier alpha value is -2.89. The average molecular weight is 390 g/mol. The van der Waals surface area contributed by atoms with Crippen LogP contribution in [0.25, 0.3) is 10.9 Å². The van der Waals surface area contributed by atoms with Crippen molar-refractivity contribution in [2.24, 2.45) is 7.05 Å². The van der Waals surface area contributed by atoms with Gasteiger partial charge in [0.25, 0.3) is 0 Å². The molecule has 29 heavy (non-hydrogen) atoms. The van der Waals surface area contributed by atoms with E-state index in [1.807, 2.05) is 31.1 Å². The highest BCUT2D eigenvalue weighted by atomic mass is 16.2. The van der Waals surface area contributed by atoms with Crippen LogP contribution in [0.2, 0.25) is 0 Å². The van der Waals surface area contributed by atoms with Crippen molar-refractivity contribution in [1.82, 2.24) is 19.7 Å². The topological polar surface area (TPSA) is 54.3 Å². The molecule has 6 heteroatoms. The zero-order chi connectivity index (χ0) is 20.0. The first-order valence-corrected chi connectivity index (χ1v) is 10.5. The van der Waals surface area contributed by atoms with Crippen LogP contribution in [0.3, 0.4) is 0 Å². The monoisotopic (exact) mass is 389 g/mol. The van der Waals surface area contributed by atoms with E-state index in [4.69, 9.17) is 0 Å². The second-order valence-corrected chi connectivity index (χ2v) is 8.40. The molecular formula is C23H27N5O. The largest absolute Gasteiger partial charge is 0.351 e. The molecule has 2 aromatic heterocycles. The summed E-state index contributed by atoms with van der Waals surface area (Å²) in [6, 6.07) is 10.7. The number of carbonyl (C=O) groups excluding carboxylic acids is 1. The minimum Gasteiger partial charge on any atom is -0.351 e. The van der Waals surface area contributed by atoms with E-state index in [-0.39, 0.29) is 11.9 Å². The highest BCUT2D eigenvalue weighted by molar-refractivity contribution is 5.89. The molecule has 2 aliphatic rings. The second kappa shape index (κ2) is 7.17. The summed E-state index contributed by atoms with van der Waals surface area (Å²) in [5, 5.41) is 10.0. The van der Waals surface area contributed by atoms with Gasteiger partial charge in [-0.15, -0.1) is 5.10 Å². The third kappa shape index (κ3) is 3.26. The van der Waals surface area contributed by atoms with Crippen LogP contribution in [0, 0.1) is 0 Å². The number of anilines is 1. The summed E-state index contributed by atoms with van der Waals surface area (Å²) in [5.41, 5.74) is 4.78. The molecule has 1 aliphatic carbocycles. The number of aromatic nitrogens is 3. The maximum atomic E-state index is 12.9. The van der Waals surface area contributed by atoms with E-state index in [2.05, 4.69) is 44.1 Å². The quantitative estimate of drug-likeness (QED) is 0.689. The van der Waals surface area contributed by atoms with E-state index in [1.54, 1.807) is 0 Å². The van der Waals surface area contributed by atoms with Gasteiger partial charge in [0, 0.05) is 44.3 Å². The number of fused-ring (bicyclic) bond motifs is 2. The smallest absolute Gasteiger partial charge is 0.227 e. The Bertz CT molecular complexity index is 1070. The molecular weight excluding hydrogens is 362 g/mol. The molecule has 6 nitrogen and oxygen atoms in total. The zero-order valence-electron chi connectivity index (χ0n) is 17.1. The first-order chi connectivity index (χ1) is 14.1. The molecule has 0 unspecified atom stereocenters. The third-order valence-corrected chi connectivity index (χ3v) is 6.51. The molecule has 1 aliphatic heterocycles. The van der Waals surface area contributed by atoms with Crippen molar-refractivity contribution in [2.75, 3.05) is 25.0 Å². The number of hydrogen-bond donors (Lipinski definition) is 0. The molecule has 5 rings (SSSR count). The van der Waals surface area contributed by atoms with Gasteiger partial charge in [0.15, 0.2) is 5.82 Å². The highest BCUT2D eigenvalue weighted by Gasteiger charge is 2.34. The first kappa shape index (κ1) is 18.2. The number of nitrogens with zero attached hydrogens (tertiary/aromatic N) is 5. The molecule has 3 heterocycles. The van der Waals surface area contributed by atoms with Crippen molar-refractivity contribution in [3.63, 3.8) is 0 Å². The van der Waals surface area contributed by atoms with Gasteiger partial charge in [-0.2, -0.15) is 5.10 Å². The van der Waals surface area contributed by atoms with E-state index in [1.165, 1.54) is 29.6 Å². The summed E-state index contributed by atoms with van der Waals surface area (Å²) in [5.74, 6) is 1.12. The summed E-state index contributed by atoms with van der Waals surface area (Å²) in [7, 11) is 3.96. The van der Waals surface area contributed by atoms with Crippen LogP contribution in [-0.2, 0) is 31.1 Å². The fourth-order valence-electron chi connectivity index (χ4n) is 4.58. The van der Waals surface area contributed by atoms with Crippen molar-refractivity contribution in [3.8, 4) is 0 Å². The molecule has 0 saturated carbocycles. The summed E-state index contributed by atoms with van der Waals surface area (Å²) < 4.78 is 2.10. The fourth-order valence-corrected chi connectivity index (χ4v) is 4.58. The minimum atomic E-state index is 0.169. The molecule has 1 aromatic carbocycles. The van der Waals surface area contributed by atoms with Crippen molar-refractivity contribution >= 4 is 22.6 Å². The third-order valence-electron chi connectivity index (χ3n) is 6.51. The predicted molar refractivity (Wildman–Crippen MR) is 114 cm³/mol. The molecule has 150 valence electrons. The van der Waals surface area contributed by atoms with Crippen molar-refractivity contribution in [2.45, 2.75) is 38.1 Å². The molecule has 0 radical (unpaired) electrons. The molecule has 1 saturated heterocycles. The van der Waals surface area contributed by atoms with Gasteiger partial charge in [0.2, 0.25) is 5.91 Å². The number of carbonyl (C=O) groups is 1. The van der Waals surface area contributed by atoms with Gasteiger partial charge in [-0.05, 0) is 48.9 Å². The van der Waals surface area contributed by atoms with Crippen LogP contribution in [0.1, 0.15) is 29.7 Å². The number of hydrogen-bond acceptors (Lipinski definition) is 4. The van der Waals surface area contributed by atoms with E-state index < -0.39 is 0 Å². The summed E-state index contributed by atoms with van der Waals surface area (Å²) in [4.78, 5) is 17.0. The standard InChI is InChI=1S/C23H27N5O/c1-26-13-17(19-8-4-6-10-21(19)26)12-23(29)27(2)18-14-28(15-18)22-11-16-7-3-5-9-20(16)24-25-22/h4,6,8,10-11,13,18H,3,5,7,9,12,14-15H2,1-2H3. The Morgan fingerprint density at radius 1 is 1.17 bits per heavy atom. The van der Waals surface area contributed by atoms with E-state index in [0.29, 0.717) is 6.42 Å². The van der Waals surface area contributed by atoms with Gasteiger partial charge in [-0.3, -0.25) is 4.79 Å². The number of amides is 1. The highest BCUT2D eigenvalue weighted by Crippen LogP contribution is 2.27. The lowest BCUT2D eigenvalue weighted by Gasteiger charge is -2.44. The van der Waals surface area contributed by atoms with E-state index >= 15 is 0 Å². The Balaban J connectivity index is 1.23. The van der Waals surface area contributed by atoms with Gasteiger partial charge in [0.05, 0.1) is 18.2 Å². The van der Waals surface area contributed by atoms with Crippen molar-refractivity contribution < 1.29 is 4.79 Å². The van der Waals surface area contributed by atoms with Crippen LogP contribution >= 0.6 is 0 Å². The fraction of sp³-hybridized carbons (Fsp3) is 0.435. The van der Waals surface area contributed by atoms with Gasteiger partial charge in [-0.25, -0.2) is 0 Å². The van der Waals surface area contributed by atoms with Crippen molar-refractivity contribution in [3.05, 3.63) is 53.3 Å². The normalized spacial score (nSPS) is 16.6. The lowest BCUT2D eigenvalue weighted by atomic mass is 9.96. The van der Waals surface area contributed by atoms with E-state index in [9.17, 15) is 4.79 Å². The molecule has 1 fully saturated rings. The lowest BCUT2D eigenvalue weighted by molar-refractivity contribution is -0.131. The number of aryl methyl sites for hydroxylation is 3. The predicted octanol–water partition coefficient (Wildman–Crippen LogP) is 2.74. The Morgan fingerprint density at radius 2 is 1.97 bits per heavy atom. The molecule has 1 amide bonds. The number of rotatable bonds is 4. The molecule has 0 spiro atoms. The van der Waals surface area contributed by atoms with Crippen LogP contribution in [0.5, 0.6) is 0 Å². The Kier molecular flexibility index (Phi) is 4.49. The Morgan fingerprint density at radius 3 is 2.83 bits per heavy atom. The Labute approximate surface area is 171 Å². The maximum absolute atomic E-state index is 12.9. The number of benzene rings is 1. The molecule has 0 bridgehead atoms. The molecule has 0 atom stereocenters. The average Bonchev–Trinajstić information content (AvgIpc) is 3.02. The second-order valence-electron chi connectivity index (χ2n) is 8.40. The van der Waals surface area contributed by atoms with Crippen LogP contribution in [0.4, 0.5) is 5.82 Å². The SMILES string of the molecule is CN(C(=O)Cc1cn(C)c2ccccc12)C1CN(c2cc3c(nn2)CCCC3)C1. The van der Waals surface area contributed by atoms with Gasteiger partial charge < -0.3 is 14.4 Å². The summed E-state index contributed by atoms with van der Waals surface area (Å²) in [6.45, 7) is 1.65. The van der Waals surface area contributed by atoms with Gasteiger partial charge in [0.1, 0.15) is 0 Å². The van der Waals surface area contributed by atoms with Gasteiger partial charge >= 0.3 is 0 Å². The molecule has 3 aromatic rings. The summed E-state index contributed by atoms with van der Waals surface area (Å²) in [6.07, 6.45) is 7.14. The van der Waals surface area contributed by atoms with Crippen LogP contribution < -0.4 is 4.90 Å². The lowest BCUT2D eigenvalue weighted by Crippen LogP contribution is -2.60. The number of likely N-dealkylation sites (N-methyl/N-ethyl adjacent to an activating group) is 1. The van der Waals surface area contributed by atoms with E-state index in [0.717, 1.165) is 42.7 Å². The first-order valence-electron chi connectivity index (χ1n) is 10.5. The van der Waals surface area contributed by atoms with Gasteiger partial charge in [-0.1, -0.05) is 18.2 Å². The molecule has 0 N–H and O–H groups in total. The minimum absolute atomic E-state index is 0.169. The van der Waals surface area contributed by atoms with Crippen molar-refractivity contribution in [1.29, 1.82) is 0 Å². The van der Waals surface area contributed by atoms with Crippen LogP contribution in [0.15, 0.2) is 36.5 Å². The van der Waals surface area contributed by atoms with Crippen LogP contribution in [-0.4, -0.2) is 51.8 Å².